The number of nitrogens with zero attached hydrogens (tertiary/aromatic N) is 2. The molecule has 0 saturated carbocycles. The van der Waals surface area contributed by atoms with Gasteiger partial charge in [-0.1, -0.05) is 0 Å². The van der Waals surface area contributed by atoms with Gasteiger partial charge in [-0.25, -0.2) is 0 Å². The van der Waals surface area contributed by atoms with Crippen LogP contribution in [0.25, 0.3) is 0 Å². The van der Waals surface area contributed by atoms with Gasteiger partial charge in [0.1, 0.15) is 0 Å². The number of nitro benzene ring substituents is 1. The Bertz CT molecular complexity index is 579. The molecule has 2 atom stereocenters. The van der Waals surface area contributed by atoms with E-state index in [0.29, 0.717) is 13.1 Å². The van der Waals surface area contributed by atoms with Crippen molar-refractivity contribution in [2.45, 2.75) is 24.9 Å². The van der Waals surface area contributed by atoms with Crippen LogP contribution in [-0.4, -0.2) is 36.5 Å². The van der Waals surface area contributed by atoms with Crippen molar-refractivity contribution in [2.75, 3.05) is 18.0 Å². The smallest absolute Gasteiger partial charge is 0.403 e. The number of piperazine rings is 1. The molecule has 2 heterocycles. The van der Waals surface area contributed by atoms with Crippen molar-refractivity contribution >= 4 is 11.4 Å². The number of anilines is 1. The highest BCUT2D eigenvalue weighted by molar-refractivity contribution is 5.64. The number of nitrogens with one attached hydrogen (secondary N) is 1. The SMILES string of the molecule is O=[N+]([O-])c1ccc(N2CC3CC2CN3)c(OC(F)(F)F)c1. The fourth-order valence-corrected chi connectivity index (χ4v) is 2.92. The van der Waals surface area contributed by atoms with Gasteiger partial charge in [0, 0.05) is 31.2 Å². The zero-order valence-electron chi connectivity index (χ0n) is 10.8. The van der Waals surface area contributed by atoms with E-state index in [-0.39, 0.29) is 17.8 Å². The lowest BCUT2D eigenvalue weighted by Gasteiger charge is -2.30. The van der Waals surface area contributed by atoms with E-state index in [0.717, 1.165) is 12.5 Å². The number of hydrogen-bond acceptors (Lipinski definition) is 5. The molecule has 9 heteroatoms. The van der Waals surface area contributed by atoms with Crippen LogP contribution in [0.4, 0.5) is 24.5 Å². The molecule has 0 amide bonds. The summed E-state index contributed by atoms with van der Waals surface area (Å²) in [7, 11) is 0. The van der Waals surface area contributed by atoms with Crippen LogP contribution >= 0.6 is 0 Å². The van der Waals surface area contributed by atoms with Crippen molar-refractivity contribution in [1.82, 2.24) is 5.32 Å². The Kier molecular flexibility index (Phi) is 3.16. The highest BCUT2D eigenvalue weighted by Crippen LogP contribution is 2.40. The van der Waals surface area contributed by atoms with Gasteiger partial charge in [-0.05, 0) is 12.5 Å². The second-order valence-corrected chi connectivity index (χ2v) is 5.10. The van der Waals surface area contributed by atoms with E-state index in [4.69, 9.17) is 0 Å². The van der Waals surface area contributed by atoms with Crippen molar-refractivity contribution < 1.29 is 22.8 Å². The lowest BCUT2D eigenvalue weighted by molar-refractivity contribution is -0.385. The van der Waals surface area contributed by atoms with Crippen molar-refractivity contribution in [3.05, 3.63) is 28.3 Å². The molecule has 2 unspecified atom stereocenters. The summed E-state index contributed by atoms with van der Waals surface area (Å²) >= 11 is 0. The van der Waals surface area contributed by atoms with Gasteiger partial charge in [0.25, 0.3) is 5.69 Å². The Morgan fingerprint density at radius 1 is 1.43 bits per heavy atom. The normalized spacial score (nSPS) is 24.4. The number of hydrogen-bond donors (Lipinski definition) is 1. The lowest BCUT2D eigenvalue weighted by Crippen LogP contribution is -2.43. The molecular weight excluding hydrogens is 291 g/mol. The Morgan fingerprint density at radius 2 is 2.19 bits per heavy atom. The molecule has 2 fully saturated rings. The molecule has 2 saturated heterocycles. The van der Waals surface area contributed by atoms with Crippen molar-refractivity contribution in [2.24, 2.45) is 0 Å². The molecule has 0 radical (unpaired) electrons. The predicted molar refractivity (Wildman–Crippen MR) is 67.3 cm³/mol. The fourth-order valence-electron chi connectivity index (χ4n) is 2.92. The van der Waals surface area contributed by atoms with Crippen LogP contribution in [0.2, 0.25) is 0 Å². The van der Waals surface area contributed by atoms with Crippen molar-refractivity contribution in [1.29, 1.82) is 0 Å². The van der Waals surface area contributed by atoms with Crippen molar-refractivity contribution in [3.8, 4) is 5.75 Å². The molecule has 2 aliphatic heterocycles. The summed E-state index contributed by atoms with van der Waals surface area (Å²) in [5.41, 5.74) is -0.188. The van der Waals surface area contributed by atoms with Crippen LogP contribution in [-0.2, 0) is 0 Å². The number of ether oxygens (including phenoxy) is 1. The van der Waals surface area contributed by atoms with Gasteiger partial charge < -0.3 is 15.0 Å². The summed E-state index contributed by atoms with van der Waals surface area (Å²) in [4.78, 5) is 11.8. The van der Waals surface area contributed by atoms with E-state index in [9.17, 15) is 23.3 Å². The van der Waals surface area contributed by atoms with Gasteiger partial charge in [0.15, 0.2) is 5.75 Å². The predicted octanol–water partition coefficient (Wildman–Crippen LogP) is 2.04. The minimum absolute atomic E-state index is 0.0899. The third kappa shape index (κ3) is 2.73. The average Bonchev–Trinajstić information content (AvgIpc) is 2.98. The minimum Gasteiger partial charge on any atom is -0.403 e. The van der Waals surface area contributed by atoms with Crippen LogP contribution in [0.15, 0.2) is 18.2 Å². The summed E-state index contributed by atoms with van der Waals surface area (Å²) in [6.07, 6.45) is -4.04. The van der Waals surface area contributed by atoms with E-state index in [1.165, 1.54) is 12.1 Å². The highest BCUT2D eigenvalue weighted by atomic mass is 19.4. The average molecular weight is 303 g/mol. The Hall–Kier alpha value is -2.03. The molecule has 21 heavy (non-hydrogen) atoms. The second kappa shape index (κ2) is 4.76. The standard InChI is InChI=1S/C12H12F3N3O3/c13-12(14,15)21-11-4-8(18(19)20)1-2-10(11)17-6-7-3-9(17)5-16-7/h1-2,4,7,9,16H,3,5-6H2. The number of benzene rings is 1. The summed E-state index contributed by atoms with van der Waals surface area (Å²) in [6, 6.07) is 3.66. The number of rotatable bonds is 3. The summed E-state index contributed by atoms with van der Waals surface area (Å²) < 4.78 is 41.5. The second-order valence-electron chi connectivity index (χ2n) is 5.10. The molecule has 2 bridgehead atoms. The number of non-ortho nitro benzene ring substituents is 1. The number of fused-ring (bicyclic) bond motifs is 2. The maximum atomic E-state index is 12.5. The summed E-state index contributed by atoms with van der Waals surface area (Å²) in [6.45, 7) is 1.25. The first kappa shape index (κ1) is 13.9. The first-order chi connectivity index (χ1) is 9.83. The maximum absolute atomic E-state index is 12.5. The quantitative estimate of drug-likeness (QED) is 0.683. The van der Waals surface area contributed by atoms with E-state index < -0.39 is 22.7 Å². The van der Waals surface area contributed by atoms with Crippen LogP contribution in [0, 0.1) is 10.1 Å². The lowest BCUT2D eigenvalue weighted by atomic mass is 10.2. The molecule has 0 aromatic heterocycles. The van der Waals surface area contributed by atoms with Crippen LogP contribution in [0.5, 0.6) is 5.75 Å². The zero-order chi connectivity index (χ0) is 15.2. The third-order valence-electron chi connectivity index (χ3n) is 3.75. The van der Waals surface area contributed by atoms with Gasteiger partial charge in [-0.2, -0.15) is 0 Å². The van der Waals surface area contributed by atoms with Crippen LogP contribution in [0.1, 0.15) is 6.42 Å². The molecule has 2 aliphatic rings. The van der Waals surface area contributed by atoms with Gasteiger partial charge in [-0.15, -0.1) is 13.2 Å². The van der Waals surface area contributed by atoms with Gasteiger partial charge in [-0.3, -0.25) is 10.1 Å². The Labute approximate surface area is 117 Å². The fraction of sp³-hybridized carbons (Fsp3) is 0.500. The molecule has 114 valence electrons. The molecular formula is C12H12F3N3O3. The summed E-state index contributed by atoms with van der Waals surface area (Å²) in [5, 5.41) is 14.0. The van der Waals surface area contributed by atoms with Crippen LogP contribution < -0.4 is 15.0 Å². The number of alkyl halides is 3. The third-order valence-corrected chi connectivity index (χ3v) is 3.75. The molecule has 1 aromatic rings. The molecule has 3 rings (SSSR count). The molecule has 6 nitrogen and oxygen atoms in total. The molecule has 0 spiro atoms. The van der Waals surface area contributed by atoms with Crippen molar-refractivity contribution in [3.63, 3.8) is 0 Å². The van der Waals surface area contributed by atoms with E-state index in [2.05, 4.69) is 10.1 Å². The van der Waals surface area contributed by atoms with Crippen LogP contribution in [0.3, 0.4) is 0 Å². The monoisotopic (exact) mass is 303 g/mol. The largest absolute Gasteiger partial charge is 0.573 e. The Morgan fingerprint density at radius 3 is 2.71 bits per heavy atom. The maximum Gasteiger partial charge on any atom is 0.573 e. The number of halogens is 3. The van der Waals surface area contributed by atoms with E-state index in [1.807, 2.05) is 4.90 Å². The number of nitro groups is 1. The van der Waals surface area contributed by atoms with E-state index >= 15 is 0 Å². The molecule has 1 aromatic carbocycles. The van der Waals surface area contributed by atoms with Gasteiger partial charge in [0.2, 0.25) is 0 Å². The topological polar surface area (TPSA) is 67.6 Å². The zero-order valence-corrected chi connectivity index (χ0v) is 10.8. The van der Waals surface area contributed by atoms with Gasteiger partial charge in [0.05, 0.1) is 16.7 Å². The molecule has 0 aliphatic carbocycles. The summed E-state index contributed by atoms with van der Waals surface area (Å²) in [5.74, 6) is -0.524. The first-order valence-corrected chi connectivity index (χ1v) is 6.38. The highest BCUT2D eigenvalue weighted by Gasteiger charge is 2.40. The minimum atomic E-state index is -4.89. The Balaban J connectivity index is 1.96. The van der Waals surface area contributed by atoms with E-state index in [1.54, 1.807) is 0 Å². The molecule has 1 N–H and O–H groups in total. The van der Waals surface area contributed by atoms with Gasteiger partial charge >= 0.3 is 6.36 Å². The first-order valence-electron chi connectivity index (χ1n) is 6.38.